The number of anilines is 3. The molecule has 0 radical (unpaired) electrons. The van der Waals surface area contributed by atoms with Gasteiger partial charge < -0.3 is 16.0 Å². The minimum absolute atomic E-state index is 0.0410. The smallest absolute Gasteiger partial charge is 0.257 e. The summed E-state index contributed by atoms with van der Waals surface area (Å²) in [5.74, 6) is -3.81. The summed E-state index contributed by atoms with van der Waals surface area (Å²) in [6, 6.07) is 6.10. The van der Waals surface area contributed by atoms with Crippen molar-refractivity contribution in [1.29, 1.82) is 0 Å². The number of benzene rings is 2. The third-order valence-corrected chi connectivity index (χ3v) is 5.52. The van der Waals surface area contributed by atoms with E-state index in [4.69, 9.17) is 34.8 Å². The number of rotatable bonds is 7. The van der Waals surface area contributed by atoms with E-state index in [2.05, 4.69) is 16.0 Å². The van der Waals surface area contributed by atoms with Gasteiger partial charge in [-0.25, -0.2) is 13.2 Å². The SMILES string of the molecule is O=C(Nc1ccc(F)c(NCCF)c1F)c1cc(NC(=O)[C@H]2CC2(Cl)Cl)ccc1Cl. The average molecular weight is 481 g/mol. The molecule has 0 heterocycles. The molecule has 0 aromatic heterocycles. The number of halogens is 6. The molecule has 1 aliphatic rings. The summed E-state index contributed by atoms with van der Waals surface area (Å²) in [4.78, 5) is 24.7. The van der Waals surface area contributed by atoms with Gasteiger partial charge in [0.25, 0.3) is 5.91 Å². The summed E-state index contributed by atoms with van der Waals surface area (Å²) >= 11 is 17.8. The molecule has 0 unspecified atom stereocenters. The molecule has 2 aromatic rings. The molecule has 0 spiro atoms. The molecule has 1 fully saturated rings. The van der Waals surface area contributed by atoms with Crippen LogP contribution in [0, 0.1) is 17.6 Å². The first-order chi connectivity index (χ1) is 14.1. The molecule has 1 atom stereocenters. The summed E-state index contributed by atoms with van der Waals surface area (Å²) in [5, 5.41) is 7.19. The number of hydrogen-bond donors (Lipinski definition) is 3. The van der Waals surface area contributed by atoms with Gasteiger partial charge in [0.2, 0.25) is 5.91 Å². The van der Waals surface area contributed by atoms with Crippen molar-refractivity contribution in [2.75, 3.05) is 29.2 Å². The molecule has 0 saturated heterocycles. The van der Waals surface area contributed by atoms with E-state index < -0.39 is 46.1 Å². The molecule has 11 heteroatoms. The second-order valence-electron chi connectivity index (χ2n) is 6.56. The van der Waals surface area contributed by atoms with Gasteiger partial charge >= 0.3 is 0 Å². The molecular weight excluding hydrogens is 466 g/mol. The first-order valence-electron chi connectivity index (χ1n) is 8.71. The lowest BCUT2D eigenvalue weighted by atomic mass is 10.1. The van der Waals surface area contributed by atoms with Crippen molar-refractivity contribution in [2.24, 2.45) is 5.92 Å². The molecule has 5 nitrogen and oxygen atoms in total. The highest BCUT2D eigenvalue weighted by Crippen LogP contribution is 2.53. The van der Waals surface area contributed by atoms with Crippen molar-refractivity contribution in [3.8, 4) is 0 Å². The molecular formula is C19H15Cl3F3N3O2. The molecule has 3 N–H and O–H groups in total. The van der Waals surface area contributed by atoms with Crippen LogP contribution in [-0.4, -0.2) is 29.4 Å². The summed E-state index contributed by atoms with van der Waals surface area (Å²) in [5.41, 5.74) is -0.696. The number of amides is 2. The van der Waals surface area contributed by atoms with Crippen molar-refractivity contribution < 1.29 is 22.8 Å². The van der Waals surface area contributed by atoms with Crippen LogP contribution in [0.5, 0.6) is 0 Å². The van der Waals surface area contributed by atoms with Gasteiger partial charge in [0.15, 0.2) is 5.82 Å². The molecule has 2 aromatic carbocycles. The van der Waals surface area contributed by atoms with Gasteiger partial charge in [-0.05, 0) is 36.8 Å². The number of hydrogen-bond acceptors (Lipinski definition) is 3. The van der Waals surface area contributed by atoms with Crippen LogP contribution in [-0.2, 0) is 4.79 Å². The molecule has 2 amide bonds. The van der Waals surface area contributed by atoms with Gasteiger partial charge in [0.05, 0.1) is 22.2 Å². The molecule has 0 bridgehead atoms. The van der Waals surface area contributed by atoms with E-state index in [1.54, 1.807) is 0 Å². The van der Waals surface area contributed by atoms with Crippen molar-refractivity contribution in [3.63, 3.8) is 0 Å². The van der Waals surface area contributed by atoms with E-state index in [0.29, 0.717) is 6.42 Å². The molecule has 0 aliphatic heterocycles. The largest absolute Gasteiger partial charge is 0.378 e. The van der Waals surface area contributed by atoms with Gasteiger partial charge in [-0.15, -0.1) is 23.2 Å². The Balaban J connectivity index is 1.78. The predicted octanol–water partition coefficient (Wildman–Crippen LogP) is 5.38. The summed E-state index contributed by atoms with van der Waals surface area (Å²) < 4.78 is 39.5. The zero-order chi connectivity index (χ0) is 22.1. The Morgan fingerprint density at radius 3 is 2.47 bits per heavy atom. The van der Waals surface area contributed by atoms with Crippen LogP contribution in [0.2, 0.25) is 5.02 Å². The van der Waals surface area contributed by atoms with Gasteiger partial charge in [0.1, 0.15) is 22.5 Å². The van der Waals surface area contributed by atoms with Crippen molar-refractivity contribution in [1.82, 2.24) is 0 Å². The minimum atomic E-state index is -1.11. The number of nitrogens with one attached hydrogen (secondary N) is 3. The van der Waals surface area contributed by atoms with E-state index in [0.717, 1.165) is 12.1 Å². The standard InChI is InChI=1S/C19H15Cl3F3N3O2/c20-12-2-1-9(27-18(30)11-8-19(11,21)22)7-10(12)17(29)28-14-4-3-13(24)16(15(14)25)26-6-5-23/h1-4,7,11,26H,5-6,8H2,(H,27,30)(H,28,29)/t11-/m1/s1. The fourth-order valence-electron chi connectivity index (χ4n) is 2.68. The van der Waals surface area contributed by atoms with Gasteiger partial charge in [0, 0.05) is 12.2 Å². The lowest BCUT2D eigenvalue weighted by Crippen LogP contribution is -2.18. The monoisotopic (exact) mass is 479 g/mol. The molecule has 160 valence electrons. The maximum absolute atomic E-state index is 14.5. The fourth-order valence-corrected chi connectivity index (χ4v) is 3.39. The van der Waals surface area contributed by atoms with Crippen molar-refractivity contribution >= 4 is 63.7 Å². The fraction of sp³-hybridized carbons (Fsp3) is 0.263. The highest BCUT2D eigenvalue weighted by atomic mass is 35.5. The van der Waals surface area contributed by atoms with Crippen LogP contribution in [0.1, 0.15) is 16.8 Å². The first kappa shape index (κ1) is 22.5. The molecule has 1 aliphatic carbocycles. The number of carbonyl (C=O) groups excluding carboxylic acids is 2. The van der Waals surface area contributed by atoms with Gasteiger partial charge in [-0.2, -0.15) is 0 Å². The lowest BCUT2D eigenvalue weighted by Gasteiger charge is -2.13. The quantitative estimate of drug-likeness (QED) is 0.466. The predicted molar refractivity (Wildman–Crippen MR) is 111 cm³/mol. The highest BCUT2D eigenvalue weighted by Gasteiger charge is 2.56. The summed E-state index contributed by atoms with van der Waals surface area (Å²) in [6.07, 6.45) is 0.311. The van der Waals surface area contributed by atoms with Crippen molar-refractivity contribution in [2.45, 2.75) is 10.8 Å². The minimum Gasteiger partial charge on any atom is -0.378 e. The van der Waals surface area contributed by atoms with Crippen LogP contribution in [0.15, 0.2) is 30.3 Å². The summed E-state index contributed by atoms with van der Waals surface area (Å²) in [7, 11) is 0. The normalized spacial score (nSPS) is 16.7. The topological polar surface area (TPSA) is 70.2 Å². The van der Waals surface area contributed by atoms with E-state index in [1.165, 1.54) is 18.2 Å². The van der Waals surface area contributed by atoms with E-state index in [-0.39, 0.29) is 28.5 Å². The van der Waals surface area contributed by atoms with E-state index in [1.807, 2.05) is 0 Å². The first-order valence-corrected chi connectivity index (χ1v) is 9.85. The lowest BCUT2D eigenvalue weighted by molar-refractivity contribution is -0.117. The van der Waals surface area contributed by atoms with Crippen LogP contribution >= 0.6 is 34.8 Å². The zero-order valence-electron chi connectivity index (χ0n) is 15.2. The van der Waals surface area contributed by atoms with Crippen molar-refractivity contribution in [3.05, 3.63) is 52.6 Å². The molecule has 30 heavy (non-hydrogen) atoms. The second-order valence-corrected chi connectivity index (χ2v) is 8.51. The highest BCUT2D eigenvalue weighted by molar-refractivity contribution is 6.52. The van der Waals surface area contributed by atoms with Crippen LogP contribution in [0.3, 0.4) is 0 Å². The Morgan fingerprint density at radius 2 is 1.83 bits per heavy atom. The van der Waals surface area contributed by atoms with Crippen LogP contribution < -0.4 is 16.0 Å². The Kier molecular flexibility index (Phi) is 6.69. The van der Waals surface area contributed by atoms with E-state index in [9.17, 15) is 22.8 Å². The third-order valence-electron chi connectivity index (χ3n) is 4.36. The van der Waals surface area contributed by atoms with Crippen LogP contribution in [0.25, 0.3) is 0 Å². The Bertz CT molecular complexity index is 1000. The Labute approximate surface area is 184 Å². The third kappa shape index (κ3) is 4.94. The zero-order valence-corrected chi connectivity index (χ0v) is 17.4. The summed E-state index contributed by atoms with van der Waals surface area (Å²) in [6.45, 7) is -1.13. The van der Waals surface area contributed by atoms with Gasteiger partial charge in [-0.3, -0.25) is 9.59 Å². The average Bonchev–Trinajstić information content (AvgIpc) is 3.34. The molecule has 1 saturated carbocycles. The second kappa shape index (κ2) is 8.91. The van der Waals surface area contributed by atoms with Gasteiger partial charge in [-0.1, -0.05) is 11.6 Å². The maximum atomic E-state index is 14.5. The van der Waals surface area contributed by atoms with Crippen LogP contribution in [0.4, 0.5) is 30.2 Å². The van der Waals surface area contributed by atoms with E-state index >= 15 is 0 Å². The Morgan fingerprint density at radius 1 is 1.13 bits per heavy atom. The number of carbonyl (C=O) groups is 2. The molecule has 3 rings (SSSR count). The number of alkyl halides is 3. The maximum Gasteiger partial charge on any atom is 0.257 e. The Hall–Kier alpha value is -2.16.